The molecule has 6 heteroatoms. The summed E-state index contributed by atoms with van der Waals surface area (Å²) in [5, 5.41) is 2.63. The first kappa shape index (κ1) is 13.3. The van der Waals surface area contributed by atoms with Crippen LogP contribution in [-0.2, 0) is 9.84 Å². The van der Waals surface area contributed by atoms with Gasteiger partial charge in [0.05, 0.1) is 4.90 Å². The Morgan fingerprint density at radius 3 is 2.56 bits per heavy atom. The van der Waals surface area contributed by atoms with Crippen molar-refractivity contribution in [2.75, 3.05) is 12.3 Å². The molecule has 0 aromatic heterocycles. The minimum Gasteiger partial charge on any atom is -0.297 e. The Morgan fingerprint density at radius 2 is 2.00 bits per heavy atom. The fraction of sp³-hybridized carbons (Fsp3) is 0.200. The molecule has 0 radical (unpaired) electrons. The van der Waals surface area contributed by atoms with Crippen LogP contribution in [0.5, 0.6) is 0 Å². The second-order valence-corrected chi connectivity index (χ2v) is 5.53. The first-order valence-electron chi connectivity index (χ1n) is 4.62. The van der Waals surface area contributed by atoms with Crippen LogP contribution in [0, 0.1) is 0 Å². The zero-order valence-corrected chi connectivity index (χ0v) is 10.5. The van der Waals surface area contributed by atoms with E-state index in [1.54, 1.807) is 18.2 Å². The van der Waals surface area contributed by atoms with Gasteiger partial charge in [0.25, 0.3) is 0 Å². The van der Waals surface area contributed by atoms with Gasteiger partial charge in [-0.25, -0.2) is 12.8 Å². The van der Waals surface area contributed by atoms with Crippen molar-refractivity contribution in [2.24, 2.45) is 0 Å². The quantitative estimate of drug-likeness (QED) is 0.820. The van der Waals surface area contributed by atoms with Gasteiger partial charge in [0.15, 0.2) is 9.84 Å². The Labute approximate surface area is 96.9 Å². The Bertz CT molecular complexity index is 459. The van der Waals surface area contributed by atoms with Gasteiger partial charge in [-0.1, -0.05) is 27.6 Å². The van der Waals surface area contributed by atoms with Gasteiger partial charge < -0.3 is 0 Å². The minimum absolute atomic E-state index is 0.136. The molecule has 0 aliphatic heterocycles. The van der Waals surface area contributed by atoms with Crippen LogP contribution < -0.4 is 5.09 Å². The summed E-state index contributed by atoms with van der Waals surface area (Å²) < 4.78 is 36.6. The molecule has 0 saturated carbocycles. The van der Waals surface area contributed by atoms with Crippen molar-refractivity contribution in [2.45, 2.75) is 4.90 Å². The molecule has 1 unspecified atom stereocenters. The van der Waals surface area contributed by atoms with Gasteiger partial charge >= 0.3 is 0 Å². The first-order valence-corrected chi connectivity index (χ1v) is 6.85. The molecule has 3 nitrogen and oxygen atoms in total. The Hall–Kier alpha value is -0.770. The first-order chi connectivity index (χ1) is 7.56. The topological polar surface area (TPSA) is 46.2 Å². The van der Waals surface area contributed by atoms with Crippen molar-refractivity contribution in [3.8, 4) is 0 Å². The smallest absolute Gasteiger partial charge is 0.184 e. The Morgan fingerprint density at radius 1 is 1.38 bits per heavy atom. The number of halogens is 1. The lowest BCUT2D eigenvalue weighted by Crippen LogP contribution is -2.08. The molecule has 1 N–H and O–H groups in total. The molecule has 0 aliphatic carbocycles. The Balaban J connectivity index is 2.81. The maximum Gasteiger partial charge on any atom is 0.184 e. The van der Waals surface area contributed by atoms with Crippen LogP contribution in [0.25, 0.3) is 0 Å². The summed E-state index contributed by atoms with van der Waals surface area (Å²) in [6, 6.07) is 7.84. The van der Waals surface area contributed by atoms with E-state index < -0.39 is 21.4 Å². The van der Waals surface area contributed by atoms with Crippen molar-refractivity contribution >= 4 is 19.2 Å². The van der Waals surface area contributed by atoms with Crippen molar-refractivity contribution in [1.82, 2.24) is 5.09 Å². The number of hydrogen-bond acceptors (Lipinski definition) is 3. The maximum atomic E-state index is 13.2. The fourth-order valence-corrected chi connectivity index (χ4v) is 2.46. The molecule has 1 atom stereocenters. The van der Waals surface area contributed by atoms with E-state index in [1.165, 1.54) is 18.2 Å². The van der Waals surface area contributed by atoms with Crippen molar-refractivity contribution < 1.29 is 12.8 Å². The van der Waals surface area contributed by atoms with E-state index >= 15 is 0 Å². The maximum absolute atomic E-state index is 13.2. The third kappa shape index (κ3) is 4.00. The second-order valence-electron chi connectivity index (χ2n) is 3.13. The highest BCUT2D eigenvalue weighted by molar-refractivity contribution is 7.91. The molecule has 0 amide bonds. The molecule has 0 saturated heterocycles. The third-order valence-corrected chi connectivity index (χ3v) is 3.75. The molecule has 1 aromatic carbocycles. The lowest BCUT2D eigenvalue weighted by Gasteiger charge is -2.02. The number of benzene rings is 1. The normalized spacial score (nSPS) is 12.8. The van der Waals surface area contributed by atoms with Gasteiger partial charge in [0.1, 0.15) is 11.6 Å². The highest BCUT2D eigenvalue weighted by atomic mass is 32.2. The monoisotopic (exact) mass is 261 g/mol. The van der Waals surface area contributed by atoms with Crippen LogP contribution in [0.4, 0.5) is 4.39 Å². The van der Waals surface area contributed by atoms with Gasteiger partial charge in [-0.05, 0) is 18.2 Å². The minimum atomic E-state index is -3.57. The van der Waals surface area contributed by atoms with E-state index in [9.17, 15) is 12.8 Å². The highest BCUT2D eigenvalue weighted by Gasteiger charge is 2.15. The summed E-state index contributed by atoms with van der Waals surface area (Å²) in [6.45, 7) is 0.279. The average Bonchev–Trinajstić information content (AvgIpc) is 2.27. The van der Waals surface area contributed by atoms with E-state index in [0.717, 1.165) is 0 Å². The van der Waals surface area contributed by atoms with Crippen molar-refractivity contribution in [3.05, 3.63) is 42.2 Å². The molecule has 1 rings (SSSR count). The number of rotatable bonds is 5. The lowest BCUT2D eigenvalue weighted by atomic mass is 10.4. The van der Waals surface area contributed by atoms with Crippen LogP contribution in [0.3, 0.4) is 0 Å². The zero-order valence-electron chi connectivity index (χ0n) is 8.56. The summed E-state index contributed by atoms with van der Waals surface area (Å²) >= 11 is 0. The van der Waals surface area contributed by atoms with Gasteiger partial charge in [-0.2, -0.15) is 0 Å². The summed E-state index contributed by atoms with van der Waals surface area (Å²) in [4.78, 5) is 0.136. The number of sulfone groups is 1. The van der Waals surface area contributed by atoms with E-state index in [4.69, 9.17) is 0 Å². The average molecular weight is 261 g/mol. The molecule has 16 heavy (non-hydrogen) atoms. The van der Waals surface area contributed by atoms with Crippen LogP contribution in [-0.4, -0.2) is 20.7 Å². The molecule has 0 heterocycles. The molecule has 0 aliphatic rings. The van der Waals surface area contributed by atoms with Gasteiger partial charge in [-0.15, -0.1) is 0 Å². The zero-order chi connectivity index (χ0) is 12.0. The molecule has 0 bridgehead atoms. The predicted octanol–water partition coefficient (Wildman–Crippen LogP) is 1.69. The van der Waals surface area contributed by atoms with Crippen LogP contribution in [0.15, 0.2) is 47.1 Å². The summed E-state index contributed by atoms with van der Waals surface area (Å²) in [5.41, 5.74) is 0. The van der Waals surface area contributed by atoms with Crippen molar-refractivity contribution in [3.63, 3.8) is 0 Å². The SMILES string of the molecule is O=S(=O)(C/C(F)=C/CNP)c1ccccc1. The molecular weight excluding hydrogens is 248 g/mol. The molecule has 88 valence electrons. The number of nitrogens with one attached hydrogen (secondary N) is 1. The largest absolute Gasteiger partial charge is 0.297 e. The number of hydrogen-bond donors (Lipinski definition) is 1. The Kier molecular flexibility index (Phi) is 5.06. The standard InChI is InChI=1S/C10H13FNO2PS/c11-9(6-7-12-15)8-16(13,14)10-4-2-1-3-5-10/h1-6,12H,7-8,15H2/b9-6-. The third-order valence-electron chi connectivity index (χ3n) is 1.87. The van der Waals surface area contributed by atoms with Crippen molar-refractivity contribution in [1.29, 1.82) is 0 Å². The van der Waals surface area contributed by atoms with Gasteiger partial charge in [0.2, 0.25) is 0 Å². The molecule has 0 spiro atoms. The van der Waals surface area contributed by atoms with E-state index in [2.05, 4.69) is 14.5 Å². The molecule has 0 fully saturated rings. The van der Waals surface area contributed by atoms with Gasteiger partial charge in [-0.3, -0.25) is 5.09 Å². The van der Waals surface area contributed by atoms with E-state index in [-0.39, 0.29) is 11.4 Å². The lowest BCUT2D eigenvalue weighted by molar-refractivity contribution is 0.583. The van der Waals surface area contributed by atoms with Crippen LogP contribution >= 0.6 is 9.39 Å². The van der Waals surface area contributed by atoms with Crippen LogP contribution in [0.1, 0.15) is 0 Å². The summed E-state index contributed by atoms with van der Waals surface area (Å²) in [6.07, 6.45) is 1.20. The van der Waals surface area contributed by atoms with Crippen LogP contribution in [0.2, 0.25) is 0 Å². The van der Waals surface area contributed by atoms with E-state index in [1.807, 2.05) is 0 Å². The highest BCUT2D eigenvalue weighted by Crippen LogP contribution is 2.13. The molecular formula is C10H13FNO2PS. The fourth-order valence-electron chi connectivity index (χ4n) is 1.12. The predicted molar refractivity (Wildman–Crippen MR) is 65.4 cm³/mol. The second kappa shape index (κ2) is 6.09. The summed E-state index contributed by atoms with van der Waals surface area (Å²) in [7, 11) is -1.36. The van der Waals surface area contributed by atoms with E-state index in [0.29, 0.717) is 0 Å². The molecule has 1 aromatic rings. The summed E-state index contributed by atoms with van der Waals surface area (Å²) in [5.74, 6) is -1.25. The van der Waals surface area contributed by atoms with Gasteiger partial charge in [0, 0.05) is 6.54 Å².